The van der Waals surface area contributed by atoms with Gasteiger partial charge < -0.3 is 4.74 Å². The average molecular weight is 235 g/mol. The van der Waals surface area contributed by atoms with Crippen LogP contribution in [0.1, 0.15) is 31.2 Å². The Kier molecular flexibility index (Phi) is 4.34. The normalized spacial score (nSPS) is 16.8. The molecular weight excluding hydrogens is 214 g/mol. The van der Waals surface area contributed by atoms with Crippen LogP contribution in [0, 0.1) is 5.92 Å². The van der Waals surface area contributed by atoms with Crippen molar-refractivity contribution in [2.45, 2.75) is 38.1 Å². The lowest BCUT2D eigenvalue weighted by Crippen LogP contribution is -2.36. The van der Waals surface area contributed by atoms with Crippen LogP contribution in [0.4, 0.5) is 0 Å². The van der Waals surface area contributed by atoms with Crippen LogP contribution in [0.5, 0.6) is 5.88 Å². The summed E-state index contributed by atoms with van der Waals surface area (Å²) in [7, 11) is 1.63. The Hall–Kier alpha value is -1.13. The van der Waals surface area contributed by atoms with Crippen LogP contribution in [0.25, 0.3) is 0 Å². The molecule has 1 atom stereocenters. The number of rotatable bonds is 7. The van der Waals surface area contributed by atoms with Crippen molar-refractivity contribution in [2.24, 2.45) is 11.8 Å². The smallest absolute Gasteiger partial charge is 0.212 e. The topological polar surface area (TPSA) is 60.2 Å². The molecule has 0 bridgehead atoms. The highest BCUT2D eigenvalue weighted by Crippen LogP contribution is 2.34. The van der Waals surface area contributed by atoms with Gasteiger partial charge in [0, 0.05) is 18.3 Å². The highest BCUT2D eigenvalue weighted by atomic mass is 16.5. The number of nitrogens with one attached hydrogen (secondary N) is 1. The van der Waals surface area contributed by atoms with Gasteiger partial charge >= 0.3 is 0 Å². The van der Waals surface area contributed by atoms with Crippen LogP contribution in [0.3, 0.4) is 0 Å². The molecule has 0 spiro atoms. The third-order valence-electron chi connectivity index (χ3n) is 3.34. The van der Waals surface area contributed by atoms with Crippen LogP contribution in [0.15, 0.2) is 18.3 Å². The van der Waals surface area contributed by atoms with Gasteiger partial charge in [-0.15, -0.1) is 0 Å². The van der Waals surface area contributed by atoms with Crippen LogP contribution in [-0.2, 0) is 6.42 Å². The Morgan fingerprint density at radius 2 is 2.35 bits per heavy atom. The van der Waals surface area contributed by atoms with Crippen molar-refractivity contribution in [3.63, 3.8) is 0 Å². The summed E-state index contributed by atoms with van der Waals surface area (Å²) in [5.74, 6) is 7.20. The SMILES string of the molecule is COc1ccc(CC(CCC2CC2)NN)cn1. The quantitative estimate of drug-likeness (QED) is 0.557. The molecule has 0 amide bonds. The molecule has 0 saturated heterocycles. The molecule has 0 radical (unpaired) electrons. The molecule has 1 fully saturated rings. The highest BCUT2D eigenvalue weighted by Gasteiger charge is 2.22. The number of methoxy groups -OCH3 is 1. The first-order chi connectivity index (χ1) is 8.31. The van der Waals surface area contributed by atoms with Crippen LogP contribution >= 0.6 is 0 Å². The number of hydrogen-bond acceptors (Lipinski definition) is 4. The zero-order valence-electron chi connectivity index (χ0n) is 10.4. The molecule has 1 heterocycles. The zero-order valence-corrected chi connectivity index (χ0v) is 10.4. The Morgan fingerprint density at radius 1 is 1.53 bits per heavy atom. The second-order valence-corrected chi connectivity index (χ2v) is 4.80. The fourth-order valence-corrected chi connectivity index (χ4v) is 2.02. The minimum absolute atomic E-state index is 0.353. The van der Waals surface area contributed by atoms with Crippen molar-refractivity contribution in [3.8, 4) is 5.88 Å². The summed E-state index contributed by atoms with van der Waals surface area (Å²) in [6, 6.07) is 4.29. The predicted octanol–water partition coefficient (Wildman–Crippen LogP) is 1.65. The van der Waals surface area contributed by atoms with Crippen molar-refractivity contribution in [1.29, 1.82) is 0 Å². The van der Waals surface area contributed by atoms with Gasteiger partial charge in [-0.25, -0.2) is 4.98 Å². The van der Waals surface area contributed by atoms with E-state index in [0.29, 0.717) is 11.9 Å². The Morgan fingerprint density at radius 3 is 2.88 bits per heavy atom. The number of hydrogen-bond donors (Lipinski definition) is 2. The molecule has 1 saturated carbocycles. The maximum absolute atomic E-state index is 5.59. The van der Waals surface area contributed by atoms with E-state index in [4.69, 9.17) is 10.6 Å². The van der Waals surface area contributed by atoms with E-state index >= 15 is 0 Å². The lowest BCUT2D eigenvalue weighted by atomic mass is 10.0. The molecule has 1 aromatic heterocycles. The summed E-state index contributed by atoms with van der Waals surface area (Å²) < 4.78 is 5.04. The Bertz CT molecular complexity index is 335. The summed E-state index contributed by atoms with van der Waals surface area (Å²) in [6.07, 6.45) is 8.04. The molecule has 0 aromatic carbocycles. The molecule has 94 valence electrons. The molecule has 1 unspecified atom stereocenters. The van der Waals surface area contributed by atoms with Crippen molar-refractivity contribution in [3.05, 3.63) is 23.9 Å². The third-order valence-corrected chi connectivity index (χ3v) is 3.34. The van der Waals surface area contributed by atoms with Crippen molar-refractivity contribution < 1.29 is 4.74 Å². The lowest BCUT2D eigenvalue weighted by molar-refractivity contribution is 0.397. The lowest BCUT2D eigenvalue weighted by Gasteiger charge is -2.15. The number of pyridine rings is 1. The molecule has 1 aliphatic rings. The summed E-state index contributed by atoms with van der Waals surface area (Å²) in [5, 5.41) is 0. The molecule has 1 aliphatic carbocycles. The van der Waals surface area contributed by atoms with E-state index < -0.39 is 0 Å². The van der Waals surface area contributed by atoms with Gasteiger partial charge in [0.05, 0.1) is 7.11 Å². The second kappa shape index (κ2) is 5.98. The van der Waals surface area contributed by atoms with E-state index in [-0.39, 0.29) is 0 Å². The van der Waals surface area contributed by atoms with Gasteiger partial charge in [-0.05, 0) is 30.7 Å². The first-order valence-electron chi connectivity index (χ1n) is 6.27. The fourth-order valence-electron chi connectivity index (χ4n) is 2.02. The standard InChI is InChI=1S/C13H21N3O/c1-17-13-7-5-11(9-15-13)8-12(16-14)6-4-10-2-3-10/h5,7,9-10,12,16H,2-4,6,8,14H2,1H3. The zero-order chi connectivity index (χ0) is 12.1. The number of aromatic nitrogens is 1. The molecule has 3 N–H and O–H groups in total. The highest BCUT2D eigenvalue weighted by molar-refractivity contribution is 5.18. The minimum Gasteiger partial charge on any atom is -0.481 e. The molecular formula is C13H21N3O. The van der Waals surface area contributed by atoms with Crippen LogP contribution in [0.2, 0.25) is 0 Å². The van der Waals surface area contributed by atoms with E-state index in [0.717, 1.165) is 18.8 Å². The van der Waals surface area contributed by atoms with Gasteiger partial charge in [-0.1, -0.05) is 18.9 Å². The van der Waals surface area contributed by atoms with Gasteiger partial charge in [0.1, 0.15) is 0 Å². The first-order valence-corrected chi connectivity index (χ1v) is 6.27. The molecule has 4 heteroatoms. The predicted molar refractivity (Wildman–Crippen MR) is 67.6 cm³/mol. The van der Waals surface area contributed by atoms with Gasteiger partial charge in [0.15, 0.2) is 0 Å². The van der Waals surface area contributed by atoms with Gasteiger partial charge in [0.2, 0.25) is 5.88 Å². The largest absolute Gasteiger partial charge is 0.481 e. The van der Waals surface area contributed by atoms with E-state index in [1.165, 1.54) is 24.8 Å². The van der Waals surface area contributed by atoms with E-state index in [1.54, 1.807) is 7.11 Å². The van der Waals surface area contributed by atoms with Crippen molar-refractivity contribution in [2.75, 3.05) is 7.11 Å². The van der Waals surface area contributed by atoms with Crippen molar-refractivity contribution in [1.82, 2.24) is 10.4 Å². The maximum Gasteiger partial charge on any atom is 0.212 e. The van der Waals surface area contributed by atoms with E-state index in [1.807, 2.05) is 18.3 Å². The third kappa shape index (κ3) is 3.98. The molecule has 1 aromatic rings. The molecule has 17 heavy (non-hydrogen) atoms. The van der Waals surface area contributed by atoms with Crippen LogP contribution in [-0.4, -0.2) is 18.1 Å². The van der Waals surface area contributed by atoms with Crippen molar-refractivity contribution >= 4 is 0 Å². The van der Waals surface area contributed by atoms with Gasteiger partial charge in [-0.2, -0.15) is 0 Å². The fraction of sp³-hybridized carbons (Fsp3) is 0.615. The molecule has 0 aliphatic heterocycles. The number of ether oxygens (including phenoxy) is 1. The second-order valence-electron chi connectivity index (χ2n) is 4.80. The maximum atomic E-state index is 5.59. The number of nitrogens with zero attached hydrogens (tertiary/aromatic N) is 1. The summed E-state index contributed by atoms with van der Waals surface area (Å²) in [4.78, 5) is 4.20. The minimum atomic E-state index is 0.353. The Labute approximate surface area is 103 Å². The van der Waals surface area contributed by atoms with Crippen LogP contribution < -0.4 is 16.0 Å². The first kappa shape index (κ1) is 12.3. The van der Waals surface area contributed by atoms with E-state index in [9.17, 15) is 0 Å². The van der Waals surface area contributed by atoms with E-state index in [2.05, 4.69) is 10.4 Å². The van der Waals surface area contributed by atoms with Gasteiger partial charge in [-0.3, -0.25) is 11.3 Å². The van der Waals surface area contributed by atoms with Gasteiger partial charge in [0.25, 0.3) is 0 Å². The average Bonchev–Trinajstić information content (AvgIpc) is 3.19. The summed E-state index contributed by atoms with van der Waals surface area (Å²) in [6.45, 7) is 0. The molecule has 4 nitrogen and oxygen atoms in total. The molecule has 2 rings (SSSR count). The number of nitrogens with two attached hydrogens (primary N) is 1. The summed E-state index contributed by atoms with van der Waals surface area (Å²) in [5.41, 5.74) is 4.10. The summed E-state index contributed by atoms with van der Waals surface area (Å²) >= 11 is 0. The monoisotopic (exact) mass is 235 g/mol. The Balaban J connectivity index is 1.82. The number of hydrazine groups is 1.